The second-order valence-electron chi connectivity index (χ2n) is 8.60. The molecule has 1 N–H and O–H groups in total. The summed E-state index contributed by atoms with van der Waals surface area (Å²) < 4.78 is 39.9. The number of aliphatic hydroxyl groups is 1. The van der Waals surface area contributed by atoms with Gasteiger partial charge in [0.15, 0.2) is 0 Å². The lowest BCUT2D eigenvalue weighted by molar-refractivity contribution is -0.0929. The Hall–Kier alpha value is -2.20. The van der Waals surface area contributed by atoms with E-state index in [1.165, 1.54) is 28.4 Å². The topological polar surface area (TPSA) is 76.1 Å². The molecule has 0 radical (unpaired) electrons. The van der Waals surface area contributed by atoms with Gasteiger partial charge >= 0.3 is 18.0 Å². The third-order valence-electron chi connectivity index (χ3n) is 5.44. The van der Waals surface area contributed by atoms with Crippen LogP contribution >= 0.6 is 34.5 Å². The van der Waals surface area contributed by atoms with Crippen molar-refractivity contribution in [3.63, 3.8) is 0 Å². The second-order valence-corrected chi connectivity index (χ2v) is 10.6. The fraction of sp³-hybridized carbons (Fsp3) is 0.440. The Morgan fingerprint density at radius 1 is 1.31 bits per heavy atom. The van der Waals surface area contributed by atoms with Gasteiger partial charge in [-0.25, -0.2) is 9.59 Å². The maximum Gasteiger partial charge on any atom is 0.410 e. The molecule has 1 saturated heterocycles. The van der Waals surface area contributed by atoms with Crippen molar-refractivity contribution >= 4 is 46.6 Å². The summed E-state index contributed by atoms with van der Waals surface area (Å²) in [6.45, 7) is 4.02. The summed E-state index contributed by atoms with van der Waals surface area (Å²) >= 11 is 13.0. The molecule has 2 heterocycles. The van der Waals surface area contributed by atoms with Gasteiger partial charge in [-0.2, -0.15) is 8.78 Å². The third-order valence-corrected chi connectivity index (χ3v) is 7.00. The zero-order valence-electron chi connectivity index (χ0n) is 19.8. The quantitative estimate of drug-likeness (QED) is 0.265. The number of rotatable bonds is 10. The monoisotopic (exact) mass is 561 g/mol. The van der Waals surface area contributed by atoms with Crippen LogP contribution in [0.1, 0.15) is 46.8 Å². The number of aliphatic hydroxyl groups excluding tert-OH is 1. The summed E-state index contributed by atoms with van der Waals surface area (Å²) in [6.07, 6.45) is 1.04. The molecule has 0 bridgehead atoms. The number of ether oxygens (including phenoxy) is 2. The van der Waals surface area contributed by atoms with Crippen LogP contribution in [0, 0.1) is 0 Å². The lowest BCUT2D eigenvalue weighted by Gasteiger charge is -2.33. The van der Waals surface area contributed by atoms with Crippen LogP contribution in [0.3, 0.4) is 0 Å². The van der Waals surface area contributed by atoms with Crippen LogP contribution in [0.25, 0.3) is 0 Å². The summed E-state index contributed by atoms with van der Waals surface area (Å²) in [7, 11) is 0. The molecule has 0 saturated carbocycles. The van der Waals surface area contributed by atoms with E-state index in [2.05, 4.69) is 0 Å². The molecule has 0 aliphatic carbocycles. The summed E-state index contributed by atoms with van der Waals surface area (Å²) in [5, 5.41) is 10.3. The van der Waals surface area contributed by atoms with Gasteiger partial charge in [0.2, 0.25) is 0 Å². The molecule has 36 heavy (non-hydrogen) atoms. The first kappa shape index (κ1) is 28.4. The Kier molecular flexibility index (Phi) is 9.74. The van der Waals surface area contributed by atoms with E-state index in [0.717, 1.165) is 23.1 Å². The van der Waals surface area contributed by atoms with Crippen molar-refractivity contribution in [1.82, 2.24) is 4.90 Å². The van der Waals surface area contributed by atoms with Crippen LogP contribution in [0.5, 0.6) is 0 Å². The number of nitrogens with zero attached hydrogens (tertiary/aromatic N) is 1. The Morgan fingerprint density at radius 3 is 2.67 bits per heavy atom. The van der Waals surface area contributed by atoms with Gasteiger partial charge in [0.25, 0.3) is 0 Å². The number of aryl methyl sites for hydroxylation is 1. The molecular formula is C25H27Cl2F2NO5S. The van der Waals surface area contributed by atoms with Gasteiger partial charge in [-0.05, 0) is 57.0 Å². The number of esters is 1. The van der Waals surface area contributed by atoms with Crippen molar-refractivity contribution in [3.05, 3.63) is 67.8 Å². The number of amides is 1. The summed E-state index contributed by atoms with van der Waals surface area (Å²) in [5.74, 6) is -4.01. The van der Waals surface area contributed by atoms with Crippen molar-refractivity contribution in [1.29, 1.82) is 0 Å². The van der Waals surface area contributed by atoms with E-state index in [1.807, 2.05) is 6.07 Å². The average Bonchev–Trinajstić information content (AvgIpc) is 3.27. The number of hydrogen-bond donors (Lipinski definition) is 1. The van der Waals surface area contributed by atoms with E-state index in [4.69, 9.17) is 32.7 Å². The van der Waals surface area contributed by atoms with Crippen LogP contribution in [0.2, 0.25) is 10.0 Å². The Balaban J connectivity index is 1.61. The normalized spacial score (nSPS) is 17.5. The number of benzene rings is 1. The highest BCUT2D eigenvalue weighted by atomic mass is 35.5. The second kappa shape index (κ2) is 12.4. The standard InChI is InChI=1S/C25H27Cl2F2NO5S/c1-15(2)35-23(32)21-7-6-20(36-21)4-3-10-30-19(9-11-34-24(30)33)5-8-22(31)25(28,29)16-12-17(26)14-18(27)13-16/h5-8,12-15,19,22,31H,3-4,9-11H2,1-2H3/b8-5+/t19-,22+/m0/s1. The zero-order chi connectivity index (χ0) is 26.5. The molecule has 11 heteroatoms. The highest BCUT2D eigenvalue weighted by Crippen LogP contribution is 2.36. The van der Waals surface area contributed by atoms with Gasteiger partial charge in [-0.1, -0.05) is 35.4 Å². The smallest absolute Gasteiger partial charge is 0.410 e. The fourth-order valence-electron chi connectivity index (χ4n) is 3.69. The highest BCUT2D eigenvalue weighted by molar-refractivity contribution is 7.13. The van der Waals surface area contributed by atoms with Crippen LogP contribution in [-0.4, -0.2) is 53.5 Å². The van der Waals surface area contributed by atoms with Gasteiger partial charge in [0.05, 0.1) is 18.8 Å². The third kappa shape index (κ3) is 7.41. The Morgan fingerprint density at radius 2 is 2.00 bits per heavy atom. The number of cyclic esters (lactones) is 1. The minimum absolute atomic E-state index is 0.0317. The molecule has 0 unspecified atom stereocenters. The van der Waals surface area contributed by atoms with E-state index < -0.39 is 29.7 Å². The van der Waals surface area contributed by atoms with Crippen molar-refractivity contribution < 1.29 is 33.0 Å². The van der Waals surface area contributed by atoms with Crippen molar-refractivity contribution in [3.8, 4) is 0 Å². The largest absolute Gasteiger partial charge is 0.459 e. The predicted octanol–water partition coefficient (Wildman–Crippen LogP) is 6.47. The van der Waals surface area contributed by atoms with Crippen molar-refractivity contribution in [2.45, 2.75) is 57.3 Å². The summed E-state index contributed by atoms with van der Waals surface area (Å²) in [4.78, 5) is 27.3. The molecule has 1 fully saturated rings. The van der Waals surface area contributed by atoms with Gasteiger partial charge in [-0.15, -0.1) is 11.3 Å². The van der Waals surface area contributed by atoms with E-state index >= 15 is 0 Å². The van der Waals surface area contributed by atoms with Crippen LogP contribution < -0.4 is 0 Å². The summed E-state index contributed by atoms with van der Waals surface area (Å²) in [6, 6.07) is 6.46. The van der Waals surface area contributed by atoms with Crippen LogP contribution in [0.4, 0.5) is 13.6 Å². The van der Waals surface area contributed by atoms with Gasteiger partial charge in [0, 0.05) is 33.5 Å². The van der Waals surface area contributed by atoms with E-state index in [1.54, 1.807) is 19.9 Å². The molecule has 3 rings (SSSR count). The average molecular weight is 562 g/mol. The van der Waals surface area contributed by atoms with E-state index in [9.17, 15) is 23.5 Å². The van der Waals surface area contributed by atoms with Crippen LogP contribution in [-0.2, 0) is 21.8 Å². The minimum Gasteiger partial charge on any atom is -0.459 e. The maximum atomic E-state index is 14.8. The molecule has 1 aliphatic rings. The first-order valence-electron chi connectivity index (χ1n) is 11.4. The molecule has 196 valence electrons. The lowest BCUT2D eigenvalue weighted by atomic mass is 10.0. The molecule has 1 aromatic carbocycles. The number of carbonyl (C=O) groups excluding carboxylic acids is 2. The summed E-state index contributed by atoms with van der Waals surface area (Å²) in [5.41, 5.74) is -0.510. The number of halogens is 4. The predicted molar refractivity (Wildman–Crippen MR) is 135 cm³/mol. The molecule has 2 aromatic rings. The lowest BCUT2D eigenvalue weighted by Crippen LogP contribution is -2.45. The first-order valence-corrected chi connectivity index (χ1v) is 13.0. The van der Waals surface area contributed by atoms with Gasteiger partial charge in [0.1, 0.15) is 11.0 Å². The number of carbonyl (C=O) groups is 2. The van der Waals surface area contributed by atoms with Crippen molar-refractivity contribution in [2.75, 3.05) is 13.2 Å². The molecular weight excluding hydrogens is 535 g/mol. The van der Waals surface area contributed by atoms with Gasteiger partial charge in [-0.3, -0.25) is 0 Å². The zero-order valence-corrected chi connectivity index (χ0v) is 22.1. The van der Waals surface area contributed by atoms with E-state index in [0.29, 0.717) is 30.7 Å². The number of thiophene rings is 1. The van der Waals surface area contributed by atoms with Crippen molar-refractivity contribution in [2.24, 2.45) is 0 Å². The molecule has 1 aliphatic heterocycles. The molecule has 6 nitrogen and oxygen atoms in total. The highest BCUT2D eigenvalue weighted by Gasteiger charge is 2.40. The van der Waals surface area contributed by atoms with Crippen LogP contribution in [0.15, 0.2) is 42.5 Å². The fourth-order valence-corrected chi connectivity index (χ4v) is 5.15. The molecule has 0 spiro atoms. The first-order chi connectivity index (χ1) is 17.0. The van der Waals surface area contributed by atoms with Gasteiger partial charge < -0.3 is 19.5 Å². The Bertz CT molecular complexity index is 1090. The molecule has 2 atom stereocenters. The molecule has 1 amide bonds. The SMILES string of the molecule is CC(C)OC(=O)c1ccc(CCCN2C(=O)OCC[C@@H]2/C=C/[C@@H](O)C(F)(F)c2cc(Cl)cc(Cl)c2)s1. The number of alkyl halides is 2. The number of hydrogen-bond acceptors (Lipinski definition) is 6. The Labute approximate surface area is 222 Å². The maximum absolute atomic E-state index is 14.8. The van der Waals surface area contributed by atoms with E-state index in [-0.39, 0.29) is 28.7 Å². The minimum atomic E-state index is -3.64. The molecule has 1 aromatic heterocycles.